The summed E-state index contributed by atoms with van der Waals surface area (Å²) in [6.07, 6.45) is -8.36. The van der Waals surface area contributed by atoms with Gasteiger partial charge in [0.1, 0.15) is 13.1 Å². The third-order valence-corrected chi connectivity index (χ3v) is 12.4. The van der Waals surface area contributed by atoms with Crippen molar-refractivity contribution in [2.75, 3.05) is 118 Å². The van der Waals surface area contributed by atoms with Crippen LogP contribution in [-0.4, -0.2) is 323 Å². The van der Waals surface area contributed by atoms with Gasteiger partial charge < -0.3 is 96.0 Å². The van der Waals surface area contributed by atoms with Crippen molar-refractivity contribution >= 4 is 59.1 Å². The molecule has 0 bridgehead atoms. The summed E-state index contributed by atoms with van der Waals surface area (Å²) in [6.45, 7) is 8.52. The summed E-state index contributed by atoms with van der Waals surface area (Å²) in [4.78, 5) is 146. The summed E-state index contributed by atoms with van der Waals surface area (Å²) in [5.41, 5.74) is 5.30. The number of primary amides is 1. The normalized spacial score (nSPS) is 15.0. The van der Waals surface area contributed by atoms with Crippen molar-refractivity contribution in [1.29, 1.82) is 0 Å². The van der Waals surface area contributed by atoms with E-state index in [1.807, 2.05) is 0 Å². The van der Waals surface area contributed by atoms with Gasteiger partial charge in [-0.1, -0.05) is 13.8 Å². The lowest BCUT2D eigenvalue weighted by molar-refractivity contribution is -0.151. The lowest BCUT2D eigenvalue weighted by Gasteiger charge is -2.35. The van der Waals surface area contributed by atoms with E-state index in [-0.39, 0.29) is 39.1 Å². The average Bonchev–Trinajstić information content (AvgIpc) is 3.33. The van der Waals surface area contributed by atoms with E-state index in [1.165, 1.54) is 55.4 Å². The van der Waals surface area contributed by atoms with E-state index < -0.39 is 205 Å². The van der Waals surface area contributed by atoms with Gasteiger partial charge in [0.25, 0.3) is 0 Å². The number of nitrogens with zero attached hydrogens (tertiary/aromatic N) is 9. The van der Waals surface area contributed by atoms with Crippen LogP contribution < -0.4 is 11.1 Å². The highest BCUT2D eigenvalue weighted by atomic mass is 16.3. The van der Waals surface area contributed by atoms with Crippen LogP contribution in [0.2, 0.25) is 0 Å². The number of nitrogens with two attached hydrogens (primary N) is 1. The van der Waals surface area contributed by atoms with Crippen LogP contribution >= 0.6 is 0 Å². The van der Waals surface area contributed by atoms with E-state index in [0.29, 0.717) is 6.42 Å². The third-order valence-electron chi connectivity index (χ3n) is 12.4. The fourth-order valence-electron chi connectivity index (χ4n) is 8.18. The molecule has 0 rings (SSSR count). The molecule has 10 amide bonds. The molecule has 0 aliphatic rings. The lowest BCUT2D eigenvalue weighted by Crippen LogP contribution is -2.56. The SMILES string of the molecule is CCC(C)N(CC(=O)N(CC(=O)N(CC(=O)N(CC(N)=O)CC(C)O)CC(C)O)CC(C)O)C(=O)CN(CC(C)O)C(=O)CN(CC(C)O)C(=O)CN(C(=O)CN(CC(C)O)C(=O)CN(CC(C)O)C(=O)CNCC(C)O)C(C)CC. The summed E-state index contributed by atoms with van der Waals surface area (Å²) >= 11 is 0. The zero-order chi connectivity index (χ0) is 62.6. The van der Waals surface area contributed by atoms with Gasteiger partial charge in [0.15, 0.2) is 0 Å². The van der Waals surface area contributed by atoms with E-state index in [1.54, 1.807) is 27.7 Å². The van der Waals surface area contributed by atoms with E-state index in [9.17, 15) is 88.8 Å². The number of hydrogen-bond donors (Lipinski definition) is 10. The second-order valence-corrected chi connectivity index (χ2v) is 21.4. The number of aliphatic hydroxyl groups excluding tert-OH is 8. The summed E-state index contributed by atoms with van der Waals surface area (Å²) in [5, 5.41) is 84.5. The van der Waals surface area contributed by atoms with Crippen molar-refractivity contribution < 1.29 is 88.8 Å². The van der Waals surface area contributed by atoms with Gasteiger partial charge in [-0.05, 0) is 82.1 Å². The van der Waals surface area contributed by atoms with Crippen molar-refractivity contribution in [1.82, 2.24) is 49.4 Å². The minimum Gasteiger partial charge on any atom is -0.392 e. The fraction of sp³-hybridized carbons (Fsp3) is 0.808. The first-order valence-electron chi connectivity index (χ1n) is 27.5. The number of hydrogen-bond acceptors (Lipinski definition) is 19. The molecule has 81 heavy (non-hydrogen) atoms. The number of rotatable bonds is 40. The van der Waals surface area contributed by atoms with Gasteiger partial charge in [0.05, 0.1) is 101 Å². The fourth-order valence-corrected chi connectivity index (χ4v) is 8.18. The van der Waals surface area contributed by atoms with Crippen molar-refractivity contribution in [2.45, 2.75) is 157 Å². The number of amides is 10. The van der Waals surface area contributed by atoms with Gasteiger partial charge in [-0.3, -0.25) is 47.9 Å². The van der Waals surface area contributed by atoms with E-state index in [4.69, 9.17) is 5.73 Å². The number of carbonyl (C=O) groups is 10. The topological polar surface area (TPSA) is 400 Å². The molecule has 11 N–H and O–H groups in total. The Labute approximate surface area is 476 Å². The molecule has 0 aliphatic heterocycles. The molecule has 0 aromatic heterocycles. The molecule has 0 aliphatic carbocycles. The first kappa shape index (κ1) is 75.3. The van der Waals surface area contributed by atoms with Crippen LogP contribution in [0.5, 0.6) is 0 Å². The molecular formula is C52H97N11O18. The molecule has 0 heterocycles. The Morgan fingerprint density at radius 1 is 0.321 bits per heavy atom. The van der Waals surface area contributed by atoms with Gasteiger partial charge >= 0.3 is 0 Å². The van der Waals surface area contributed by atoms with Gasteiger partial charge in [-0.2, -0.15) is 0 Å². The van der Waals surface area contributed by atoms with Gasteiger partial charge in [-0.25, -0.2) is 0 Å². The van der Waals surface area contributed by atoms with Crippen molar-refractivity contribution in [3.8, 4) is 0 Å². The number of carbonyl (C=O) groups excluding carboxylic acids is 10. The summed E-state index contributed by atoms with van der Waals surface area (Å²) in [5.74, 6) is -8.10. The molecule has 0 fully saturated rings. The zero-order valence-electron chi connectivity index (χ0n) is 49.7. The standard InChI is InChI=1S/C52H97N11O18/c1-13-33(3)62(51(80)29-60(22-41(11)70)46(75)25-56(18-37(7)66)44(73)16-54-15-35(5)64)32-50(79)59(21-40(10)69)28-48(77)61(23-42(12)71)30-52(81)63(34(4)14-2)31-49(78)58(20-39(9)68)27-47(76)57(19-38(8)67)26-45(74)55(17-36(6)65)24-43(53)72/h33-42,54,64-71H,13-32H2,1-12H3,(H2,53,72). The van der Waals surface area contributed by atoms with Crippen molar-refractivity contribution in [3.63, 3.8) is 0 Å². The predicted molar refractivity (Wildman–Crippen MR) is 295 cm³/mol. The molecule has 468 valence electrons. The first-order chi connectivity index (χ1) is 37.5. The smallest absolute Gasteiger partial charge is 0.242 e. The second-order valence-electron chi connectivity index (χ2n) is 21.4. The Kier molecular flexibility index (Phi) is 35.5. The maximum absolute atomic E-state index is 14.3. The number of nitrogens with one attached hydrogen (secondary N) is 1. The first-order valence-corrected chi connectivity index (χ1v) is 27.5. The molecular weight excluding hydrogens is 1070 g/mol. The maximum Gasteiger partial charge on any atom is 0.242 e. The molecule has 29 heteroatoms. The molecule has 0 saturated carbocycles. The Balaban J connectivity index is 6.83. The van der Waals surface area contributed by atoms with Crippen LogP contribution in [0, 0.1) is 0 Å². The van der Waals surface area contributed by atoms with Crippen molar-refractivity contribution in [3.05, 3.63) is 0 Å². The molecule has 10 unspecified atom stereocenters. The molecule has 0 spiro atoms. The highest BCUT2D eigenvalue weighted by Gasteiger charge is 2.35. The highest BCUT2D eigenvalue weighted by Crippen LogP contribution is 2.13. The molecule has 0 aromatic carbocycles. The minimum atomic E-state index is -1.24. The molecule has 10 atom stereocenters. The van der Waals surface area contributed by atoms with E-state index in [0.717, 1.165) is 44.1 Å². The summed E-state index contributed by atoms with van der Waals surface area (Å²) in [7, 11) is 0. The summed E-state index contributed by atoms with van der Waals surface area (Å²) in [6, 6.07) is -1.35. The molecule has 0 aromatic rings. The van der Waals surface area contributed by atoms with E-state index >= 15 is 0 Å². The lowest BCUT2D eigenvalue weighted by atomic mass is 10.2. The van der Waals surface area contributed by atoms with Crippen LogP contribution in [0.15, 0.2) is 0 Å². The maximum atomic E-state index is 14.3. The monoisotopic (exact) mass is 1160 g/mol. The van der Waals surface area contributed by atoms with Gasteiger partial charge in [0, 0.05) is 64.4 Å². The number of aliphatic hydroxyl groups is 8. The third kappa shape index (κ3) is 30.8. The van der Waals surface area contributed by atoms with Crippen molar-refractivity contribution in [2.24, 2.45) is 5.73 Å². The van der Waals surface area contributed by atoms with Gasteiger partial charge in [0.2, 0.25) is 59.1 Å². The molecule has 0 saturated heterocycles. The average molecular weight is 1160 g/mol. The van der Waals surface area contributed by atoms with Crippen LogP contribution in [-0.2, 0) is 47.9 Å². The van der Waals surface area contributed by atoms with Crippen LogP contribution in [0.3, 0.4) is 0 Å². The van der Waals surface area contributed by atoms with Crippen LogP contribution in [0.25, 0.3) is 0 Å². The molecule has 0 radical (unpaired) electrons. The zero-order valence-corrected chi connectivity index (χ0v) is 49.7. The predicted octanol–water partition coefficient (Wildman–Crippen LogP) is -5.84. The summed E-state index contributed by atoms with van der Waals surface area (Å²) < 4.78 is 0. The Bertz CT molecular complexity index is 2010. The van der Waals surface area contributed by atoms with Crippen LogP contribution in [0.1, 0.15) is 95.9 Å². The van der Waals surface area contributed by atoms with E-state index in [2.05, 4.69) is 5.32 Å². The second kappa shape index (κ2) is 38.2. The largest absolute Gasteiger partial charge is 0.392 e. The quantitative estimate of drug-likeness (QED) is 0.0273. The Hall–Kier alpha value is -5.66. The highest BCUT2D eigenvalue weighted by molar-refractivity contribution is 5.94. The Morgan fingerprint density at radius 3 is 0.741 bits per heavy atom. The molecule has 29 nitrogen and oxygen atoms in total. The minimum absolute atomic E-state index is 0.0661. The van der Waals surface area contributed by atoms with Crippen LogP contribution in [0.4, 0.5) is 0 Å². The van der Waals surface area contributed by atoms with Gasteiger partial charge in [-0.15, -0.1) is 0 Å². The Morgan fingerprint density at radius 2 is 0.531 bits per heavy atom.